The van der Waals surface area contributed by atoms with Gasteiger partial charge in [0.15, 0.2) is 5.82 Å². The van der Waals surface area contributed by atoms with Crippen molar-refractivity contribution >= 4 is 29.4 Å². The molecule has 2 fully saturated rings. The van der Waals surface area contributed by atoms with Gasteiger partial charge in [-0.2, -0.15) is 10.2 Å². The molecule has 0 spiro atoms. The Morgan fingerprint density at radius 3 is 2.37 bits per heavy atom. The summed E-state index contributed by atoms with van der Waals surface area (Å²) >= 11 is 0. The summed E-state index contributed by atoms with van der Waals surface area (Å²) in [5, 5.41) is 9.36. The maximum Gasteiger partial charge on any atom is 0.410 e. The second-order valence-electron chi connectivity index (χ2n) is 15.1. The van der Waals surface area contributed by atoms with Gasteiger partial charge in [0.25, 0.3) is 6.43 Å². The highest BCUT2D eigenvalue weighted by molar-refractivity contribution is 5.80. The number of anilines is 2. The minimum absolute atomic E-state index is 0.0214. The van der Waals surface area contributed by atoms with E-state index in [1.807, 2.05) is 36.4 Å². The first-order valence-electron chi connectivity index (χ1n) is 17.8. The normalized spacial score (nSPS) is 18.5. The highest BCUT2D eigenvalue weighted by Gasteiger charge is 2.39. The number of carbonyl (C=O) groups is 3. The molecule has 4 aliphatic heterocycles. The maximum atomic E-state index is 14.6. The van der Waals surface area contributed by atoms with E-state index in [1.54, 1.807) is 46.9 Å². The number of halogens is 2. The third-order valence-electron chi connectivity index (χ3n) is 10.3. The number of aryl methyl sites for hydroxylation is 2. The zero-order valence-corrected chi connectivity index (χ0v) is 30.1. The van der Waals surface area contributed by atoms with Crippen LogP contribution in [0.4, 0.5) is 25.1 Å². The number of alkyl halides is 2. The van der Waals surface area contributed by atoms with Crippen molar-refractivity contribution < 1.29 is 27.9 Å². The number of amides is 3. The summed E-state index contributed by atoms with van der Waals surface area (Å²) in [7, 11) is 1.77. The van der Waals surface area contributed by atoms with Crippen LogP contribution in [0.25, 0.3) is 11.1 Å². The number of hydrogen-bond acceptors (Lipinski definition) is 8. The van der Waals surface area contributed by atoms with E-state index in [1.165, 1.54) is 0 Å². The van der Waals surface area contributed by atoms with E-state index in [0.717, 1.165) is 29.7 Å². The van der Waals surface area contributed by atoms with Crippen LogP contribution in [0.15, 0.2) is 24.5 Å². The van der Waals surface area contributed by atoms with Crippen LogP contribution >= 0.6 is 0 Å². The molecule has 3 amide bonds. The zero-order valence-electron chi connectivity index (χ0n) is 30.1. The van der Waals surface area contributed by atoms with Gasteiger partial charge in [-0.3, -0.25) is 23.9 Å². The molecular formula is C36H47F2N9O4. The Bertz CT molecular complexity index is 1820. The minimum atomic E-state index is -2.68. The second kappa shape index (κ2) is 13.5. The molecule has 13 nitrogen and oxygen atoms in total. The van der Waals surface area contributed by atoms with Gasteiger partial charge in [0.05, 0.1) is 25.3 Å². The van der Waals surface area contributed by atoms with Crippen molar-refractivity contribution in [2.45, 2.75) is 71.6 Å². The summed E-state index contributed by atoms with van der Waals surface area (Å²) in [5.41, 5.74) is 4.19. The lowest BCUT2D eigenvalue weighted by molar-refractivity contribution is -0.139. The zero-order chi connectivity index (χ0) is 36.2. The van der Waals surface area contributed by atoms with E-state index in [2.05, 4.69) is 14.9 Å². The maximum absolute atomic E-state index is 14.6. The number of ether oxygens (including phenoxy) is 1. The Hall–Kier alpha value is -4.53. The molecule has 274 valence electrons. The molecule has 15 heteroatoms. The highest BCUT2D eigenvalue weighted by Crippen LogP contribution is 2.43. The smallest absolute Gasteiger partial charge is 0.410 e. The predicted octanol–water partition coefficient (Wildman–Crippen LogP) is 4.15. The molecule has 0 aliphatic carbocycles. The van der Waals surface area contributed by atoms with Gasteiger partial charge in [0.2, 0.25) is 11.8 Å². The standard InChI is InChI=1S/C36H47F2N9O4/c1-23(48)44-10-8-30-29(21-44)34(46-9-6-7-24-15-27(25-17-39-41(5)18-25)28(33(37)38)16-31(24)46)40-47(30)26-19-45(20-26)32(49)22-42-11-13-43(14-12-42)35(50)51-36(2,3)4/h15-18,26,33H,6-14,19-22H2,1-5H3. The molecular weight excluding hydrogens is 660 g/mol. The van der Waals surface area contributed by atoms with Gasteiger partial charge < -0.3 is 24.3 Å². The van der Waals surface area contributed by atoms with Crippen LogP contribution in [0.5, 0.6) is 0 Å². The summed E-state index contributed by atoms with van der Waals surface area (Å²) < 4.78 is 38.3. The van der Waals surface area contributed by atoms with Gasteiger partial charge >= 0.3 is 6.09 Å². The van der Waals surface area contributed by atoms with Crippen LogP contribution in [0.1, 0.15) is 69.0 Å². The average Bonchev–Trinajstić information content (AvgIpc) is 3.66. The molecule has 2 aromatic heterocycles. The molecule has 0 bridgehead atoms. The Labute approximate surface area is 296 Å². The topological polar surface area (TPSA) is 112 Å². The Balaban J connectivity index is 1.09. The Morgan fingerprint density at radius 2 is 1.73 bits per heavy atom. The molecule has 6 heterocycles. The number of piperazine rings is 1. The lowest BCUT2D eigenvalue weighted by Crippen LogP contribution is -2.56. The van der Waals surface area contributed by atoms with Gasteiger partial charge in [-0.25, -0.2) is 13.6 Å². The van der Waals surface area contributed by atoms with Crippen LogP contribution in [-0.2, 0) is 40.8 Å². The molecule has 0 atom stereocenters. The molecule has 0 N–H and O–H groups in total. The van der Waals surface area contributed by atoms with Crippen molar-refractivity contribution in [3.63, 3.8) is 0 Å². The highest BCUT2D eigenvalue weighted by atomic mass is 19.3. The van der Waals surface area contributed by atoms with Crippen molar-refractivity contribution in [3.05, 3.63) is 46.9 Å². The largest absolute Gasteiger partial charge is 0.444 e. The van der Waals surface area contributed by atoms with Gasteiger partial charge in [0.1, 0.15) is 5.60 Å². The monoisotopic (exact) mass is 707 g/mol. The fraction of sp³-hybridized carbons (Fsp3) is 0.583. The minimum Gasteiger partial charge on any atom is -0.444 e. The van der Waals surface area contributed by atoms with Gasteiger partial charge in [0, 0.05) is 107 Å². The molecule has 3 aromatic rings. The quantitative estimate of drug-likeness (QED) is 0.376. The number of fused-ring (bicyclic) bond motifs is 2. The SMILES string of the molecule is CC(=O)N1CCc2c(c(N3CCCc4cc(-c5cnn(C)c5)c(C(F)F)cc43)nn2C2CN(C(=O)CN3CCN(C(=O)OC(C)(C)C)CC3)C2)C1. The lowest BCUT2D eigenvalue weighted by atomic mass is 9.92. The number of aromatic nitrogens is 4. The molecule has 0 saturated carbocycles. The van der Waals surface area contributed by atoms with Crippen molar-refractivity contribution in [1.82, 2.24) is 39.2 Å². The van der Waals surface area contributed by atoms with Gasteiger partial charge in [-0.05, 0) is 56.9 Å². The van der Waals surface area contributed by atoms with E-state index in [9.17, 15) is 23.2 Å². The third-order valence-corrected chi connectivity index (χ3v) is 10.3. The number of benzene rings is 1. The third kappa shape index (κ3) is 7.04. The molecule has 4 aliphatic rings. The Kier molecular flexibility index (Phi) is 9.27. The van der Waals surface area contributed by atoms with E-state index in [0.29, 0.717) is 88.0 Å². The first kappa shape index (κ1) is 34.9. The molecule has 7 rings (SSSR count). The molecule has 2 saturated heterocycles. The van der Waals surface area contributed by atoms with Crippen molar-refractivity contribution in [2.75, 3.05) is 63.8 Å². The van der Waals surface area contributed by atoms with Gasteiger partial charge in [-0.15, -0.1) is 0 Å². The van der Waals surface area contributed by atoms with Crippen LogP contribution in [0, 0.1) is 0 Å². The van der Waals surface area contributed by atoms with E-state index >= 15 is 0 Å². The summed E-state index contributed by atoms with van der Waals surface area (Å²) in [6, 6.07) is 3.45. The van der Waals surface area contributed by atoms with E-state index in [-0.39, 0.29) is 36.1 Å². The Morgan fingerprint density at radius 1 is 0.980 bits per heavy atom. The summed E-state index contributed by atoms with van der Waals surface area (Å²) in [6.07, 6.45) is 2.55. The van der Waals surface area contributed by atoms with Crippen LogP contribution in [0.3, 0.4) is 0 Å². The number of likely N-dealkylation sites (tertiary alicyclic amines) is 1. The van der Waals surface area contributed by atoms with E-state index in [4.69, 9.17) is 9.84 Å². The average molecular weight is 708 g/mol. The fourth-order valence-corrected chi connectivity index (χ4v) is 7.60. The van der Waals surface area contributed by atoms with Crippen LogP contribution < -0.4 is 4.90 Å². The number of carbonyl (C=O) groups excluding carboxylic acids is 3. The number of rotatable bonds is 6. The summed E-state index contributed by atoms with van der Waals surface area (Å²) in [5.74, 6) is 0.709. The second-order valence-corrected chi connectivity index (χ2v) is 15.1. The van der Waals surface area contributed by atoms with Crippen molar-refractivity contribution in [1.29, 1.82) is 0 Å². The van der Waals surface area contributed by atoms with E-state index < -0.39 is 12.0 Å². The number of nitrogens with zero attached hydrogens (tertiary/aromatic N) is 9. The number of hydrogen-bond donors (Lipinski definition) is 0. The molecule has 0 unspecified atom stereocenters. The summed E-state index contributed by atoms with van der Waals surface area (Å²) in [6.45, 7) is 12.2. The van der Waals surface area contributed by atoms with Crippen LogP contribution in [-0.4, -0.2) is 122 Å². The van der Waals surface area contributed by atoms with Crippen molar-refractivity contribution in [2.24, 2.45) is 7.05 Å². The van der Waals surface area contributed by atoms with Crippen LogP contribution in [0.2, 0.25) is 0 Å². The lowest BCUT2D eigenvalue weighted by Gasteiger charge is -2.42. The first-order chi connectivity index (χ1) is 24.3. The molecule has 51 heavy (non-hydrogen) atoms. The molecule has 0 radical (unpaired) electrons. The first-order valence-corrected chi connectivity index (χ1v) is 17.8. The predicted molar refractivity (Wildman–Crippen MR) is 186 cm³/mol. The molecule has 1 aromatic carbocycles. The summed E-state index contributed by atoms with van der Waals surface area (Å²) in [4.78, 5) is 47.7. The van der Waals surface area contributed by atoms with Gasteiger partial charge in [-0.1, -0.05) is 0 Å². The fourth-order valence-electron chi connectivity index (χ4n) is 7.60. The van der Waals surface area contributed by atoms with Crippen molar-refractivity contribution in [3.8, 4) is 11.1 Å².